The van der Waals surface area contributed by atoms with Crippen molar-refractivity contribution in [3.63, 3.8) is 0 Å². The number of aliphatic carboxylic acids is 1. The van der Waals surface area contributed by atoms with Gasteiger partial charge in [-0.1, -0.05) is 12.2 Å². The third-order valence-corrected chi connectivity index (χ3v) is 9.80. The highest BCUT2D eigenvalue weighted by Crippen LogP contribution is 2.41. The summed E-state index contributed by atoms with van der Waals surface area (Å²) in [5, 5.41) is 81.8. The lowest BCUT2D eigenvalue weighted by molar-refractivity contribution is -0.345. The SMILES string of the molecule is C=CC1C(OC2OC(COC3CC4C(=COC(OC5OC(CO)C(O)C(O)C5O)C4C=C)C(=O)O3)C(O)C(O)C2O)OC=C(C(=O)OC)C1CC(=O)O. The first-order valence-electron chi connectivity index (χ1n) is 16.6. The minimum atomic E-state index is -1.84. The quantitative estimate of drug-likeness (QED) is 0.0680. The van der Waals surface area contributed by atoms with Crippen molar-refractivity contribution in [2.24, 2.45) is 23.7 Å². The molecule has 17 unspecified atom stereocenters. The van der Waals surface area contributed by atoms with Gasteiger partial charge in [-0.3, -0.25) is 4.79 Å². The monoisotopic (exact) mass is 760 g/mol. The highest BCUT2D eigenvalue weighted by atomic mass is 16.8. The van der Waals surface area contributed by atoms with E-state index < -0.39 is 141 Å². The van der Waals surface area contributed by atoms with Crippen LogP contribution in [0.2, 0.25) is 0 Å². The number of cyclic esters (lactones) is 1. The smallest absolute Gasteiger partial charge is 0.339 e. The van der Waals surface area contributed by atoms with Crippen LogP contribution in [-0.2, 0) is 57.0 Å². The predicted molar refractivity (Wildman–Crippen MR) is 168 cm³/mol. The maximum absolute atomic E-state index is 13.0. The number of carboxylic acid groups (broad SMARTS) is 1. The minimum Gasteiger partial charge on any atom is -0.481 e. The van der Waals surface area contributed by atoms with Crippen molar-refractivity contribution in [2.45, 2.75) is 93.1 Å². The predicted octanol–water partition coefficient (Wildman–Crippen LogP) is -3.12. The van der Waals surface area contributed by atoms with Crippen LogP contribution >= 0.6 is 0 Å². The molecule has 0 spiro atoms. The molecule has 5 aliphatic rings. The summed E-state index contributed by atoms with van der Waals surface area (Å²) in [4.78, 5) is 36.9. The van der Waals surface area contributed by atoms with Crippen molar-refractivity contribution in [3.05, 3.63) is 49.0 Å². The first-order valence-corrected chi connectivity index (χ1v) is 16.6. The van der Waals surface area contributed by atoms with Gasteiger partial charge in [0.15, 0.2) is 12.6 Å². The normalized spacial score (nSPS) is 42.7. The van der Waals surface area contributed by atoms with Crippen molar-refractivity contribution in [1.29, 1.82) is 0 Å². The molecular formula is C33H44O20. The number of hydrogen-bond donors (Lipinski definition) is 8. The second-order valence-corrected chi connectivity index (χ2v) is 13.0. The van der Waals surface area contributed by atoms with E-state index in [1.165, 1.54) is 12.2 Å². The summed E-state index contributed by atoms with van der Waals surface area (Å²) in [5.41, 5.74) is 0.000686. The fourth-order valence-electron chi connectivity index (χ4n) is 6.82. The summed E-state index contributed by atoms with van der Waals surface area (Å²) in [6, 6.07) is 0. The first-order chi connectivity index (χ1) is 25.2. The van der Waals surface area contributed by atoms with Gasteiger partial charge in [0.2, 0.25) is 18.9 Å². The van der Waals surface area contributed by atoms with Crippen molar-refractivity contribution in [3.8, 4) is 0 Å². The molecule has 0 radical (unpaired) electrons. The number of aliphatic hydroxyl groups excluding tert-OH is 7. The summed E-state index contributed by atoms with van der Waals surface area (Å²) < 4.78 is 49.8. The van der Waals surface area contributed by atoms with Gasteiger partial charge in [0.05, 0.1) is 50.4 Å². The molecule has 3 fully saturated rings. The van der Waals surface area contributed by atoms with Gasteiger partial charge in [-0.15, -0.1) is 13.2 Å². The minimum absolute atomic E-state index is 0.0170. The van der Waals surface area contributed by atoms with Crippen LogP contribution in [0.15, 0.2) is 49.0 Å². The van der Waals surface area contributed by atoms with Crippen LogP contribution in [-0.4, -0.2) is 159 Å². The number of methoxy groups -OCH3 is 1. The maximum Gasteiger partial charge on any atom is 0.339 e. The molecule has 0 aromatic carbocycles. The van der Waals surface area contributed by atoms with E-state index in [-0.39, 0.29) is 17.6 Å². The van der Waals surface area contributed by atoms with E-state index in [9.17, 15) is 55.2 Å². The van der Waals surface area contributed by atoms with E-state index in [0.29, 0.717) is 0 Å². The molecule has 5 rings (SSSR count). The highest BCUT2D eigenvalue weighted by Gasteiger charge is 2.51. The number of carbonyl (C=O) groups excluding carboxylic acids is 2. The Labute approximate surface area is 301 Å². The third kappa shape index (κ3) is 8.43. The largest absolute Gasteiger partial charge is 0.481 e. The standard InChI is InChI=1S/C33H44O20/c1-4-12-14(6-20(35)36)16(28(43)45-3)9-47-30(12)53-33-27(42)25(40)23(38)19(50-33)11-46-21-7-15-13(5-2)31(48-10-17(15)29(44)51-21)52-32-26(41)24(39)22(37)18(8-34)49-32/h4-5,9-10,12-15,18-19,21-27,30-34,37-42H,1-2,6-8,11H2,3H3,(H,35,36). The Kier molecular flexibility index (Phi) is 13.3. The van der Waals surface area contributed by atoms with Crippen LogP contribution in [0.5, 0.6) is 0 Å². The molecule has 0 aromatic rings. The van der Waals surface area contributed by atoms with Crippen LogP contribution in [0, 0.1) is 23.7 Å². The average molecular weight is 761 g/mol. The van der Waals surface area contributed by atoms with E-state index in [1.807, 2.05) is 0 Å². The Morgan fingerprint density at radius 2 is 1.40 bits per heavy atom. The van der Waals surface area contributed by atoms with Gasteiger partial charge < -0.3 is 83.5 Å². The lowest BCUT2D eigenvalue weighted by Crippen LogP contribution is -2.60. The van der Waals surface area contributed by atoms with E-state index in [2.05, 4.69) is 13.2 Å². The van der Waals surface area contributed by atoms with Gasteiger partial charge in [-0.2, -0.15) is 0 Å². The van der Waals surface area contributed by atoms with Crippen molar-refractivity contribution in [1.82, 2.24) is 0 Å². The Bertz CT molecular complexity index is 1410. The van der Waals surface area contributed by atoms with E-state index in [1.54, 1.807) is 0 Å². The molecule has 3 saturated heterocycles. The summed E-state index contributed by atoms with van der Waals surface area (Å²) in [5.74, 6) is -6.40. The first kappa shape index (κ1) is 40.7. The number of esters is 2. The van der Waals surface area contributed by atoms with Crippen LogP contribution in [0.1, 0.15) is 12.8 Å². The molecule has 0 aromatic heterocycles. The maximum atomic E-state index is 13.0. The topological polar surface area (TPSA) is 296 Å². The van der Waals surface area contributed by atoms with Crippen LogP contribution in [0.3, 0.4) is 0 Å². The third-order valence-electron chi connectivity index (χ3n) is 9.80. The van der Waals surface area contributed by atoms with Crippen LogP contribution in [0.25, 0.3) is 0 Å². The Morgan fingerprint density at radius 3 is 1.96 bits per heavy atom. The molecule has 0 bridgehead atoms. The molecule has 53 heavy (non-hydrogen) atoms. The van der Waals surface area contributed by atoms with Crippen LogP contribution in [0.4, 0.5) is 0 Å². The molecule has 5 heterocycles. The Balaban J connectivity index is 1.24. The Hall–Kier alpha value is -3.51. The zero-order chi connectivity index (χ0) is 38.7. The fraction of sp³-hybridized carbons (Fsp3) is 0.667. The number of fused-ring (bicyclic) bond motifs is 1. The highest BCUT2D eigenvalue weighted by molar-refractivity contribution is 5.90. The fourth-order valence-corrected chi connectivity index (χ4v) is 6.82. The molecule has 17 atom stereocenters. The number of carbonyl (C=O) groups is 3. The molecule has 296 valence electrons. The summed E-state index contributed by atoms with van der Waals surface area (Å²) in [7, 11) is 1.11. The van der Waals surface area contributed by atoms with Gasteiger partial charge in [0.25, 0.3) is 0 Å². The van der Waals surface area contributed by atoms with E-state index >= 15 is 0 Å². The number of aliphatic hydroxyl groups is 7. The average Bonchev–Trinajstić information content (AvgIpc) is 3.14. The van der Waals surface area contributed by atoms with Crippen molar-refractivity contribution < 1.29 is 97.9 Å². The van der Waals surface area contributed by atoms with Gasteiger partial charge in [-0.25, -0.2) is 9.59 Å². The number of ether oxygens (including phenoxy) is 9. The summed E-state index contributed by atoms with van der Waals surface area (Å²) in [6.45, 7) is 6.27. The van der Waals surface area contributed by atoms with Gasteiger partial charge in [-0.05, 0) is 0 Å². The molecule has 5 aliphatic heterocycles. The molecule has 0 aliphatic carbocycles. The molecule has 0 amide bonds. The van der Waals surface area contributed by atoms with Gasteiger partial charge >= 0.3 is 17.9 Å². The number of hydrogen-bond acceptors (Lipinski definition) is 19. The number of rotatable bonds is 13. The molecule has 0 saturated carbocycles. The zero-order valence-corrected chi connectivity index (χ0v) is 28.3. The van der Waals surface area contributed by atoms with Crippen molar-refractivity contribution >= 4 is 17.9 Å². The lowest BCUT2D eigenvalue weighted by Gasteiger charge is -2.44. The number of carboxylic acids is 1. The second kappa shape index (κ2) is 17.3. The summed E-state index contributed by atoms with van der Waals surface area (Å²) in [6.07, 6.45) is -16.0. The van der Waals surface area contributed by atoms with Gasteiger partial charge in [0.1, 0.15) is 48.8 Å². The second-order valence-electron chi connectivity index (χ2n) is 13.0. The van der Waals surface area contributed by atoms with Gasteiger partial charge in [0, 0.05) is 30.1 Å². The molecular weight excluding hydrogens is 716 g/mol. The lowest BCUT2D eigenvalue weighted by atomic mass is 9.80. The zero-order valence-electron chi connectivity index (χ0n) is 28.3. The summed E-state index contributed by atoms with van der Waals surface area (Å²) >= 11 is 0. The van der Waals surface area contributed by atoms with E-state index in [4.69, 9.17) is 42.6 Å². The Morgan fingerprint density at radius 1 is 0.830 bits per heavy atom. The molecule has 8 N–H and O–H groups in total. The van der Waals surface area contributed by atoms with Crippen LogP contribution < -0.4 is 0 Å². The molecule has 20 heteroatoms. The van der Waals surface area contributed by atoms with E-state index in [0.717, 1.165) is 19.6 Å². The van der Waals surface area contributed by atoms with Crippen molar-refractivity contribution in [2.75, 3.05) is 20.3 Å². The molecule has 20 nitrogen and oxygen atoms in total.